The number of carbonyl (C=O) groups excluding carboxylic acids is 4. The van der Waals surface area contributed by atoms with Crippen molar-refractivity contribution in [2.75, 3.05) is 13.2 Å². The Kier molecular flexibility index (Phi) is 13.3. The molecule has 0 unspecified atom stereocenters. The van der Waals surface area contributed by atoms with E-state index in [1.54, 1.807) is 39.8 Å². The van der Waals surface area contributed by atoms with Crippen molar-refractivity contribution < 1.29 is 33.8 Å². The summed E-state index contributed by atoms with van der Waals surface area (Å²) in [6.07, 6.45) is -0.641. The third kappa shape index (κ3) is 10.9. The molecule has 3 rings (SSSR count). The number of halogens is 3. The highest BCUT2D eigenvalue weighted by atomic mass is 35.6. The summed E-state index contributed by atoms with van der Waals surface area (Å²) in [6.45, 7) is 7.91. The number of rotatable bonds is 11. The lowest BCUT2D eigenvalue weighted by atomic mass is 10.0. The summed E-state index contributed by atoms with van der Waals surface area (Å²) < 4.78 is 9.07. The third-order valence-corrected chi connectivity index (χ3v) is 7.37. The fourth-order valence-corrected chi connectivity index (χ4v) is 4.69. The second-order valence-electron chi connectivity index (χ2n) is 11.2. The maximum Gasteiger partial charge on any atom is 0.325 e. The first-order chi connectivity index (χ1) is 21.6. The number of benzene rings is 2. The number of hydrogen-bond acceptors (Lipinski definition) is 8. The number of ether oxygens (including phenoxy) is 2. The largest absolute Gasteiger partial charge is 0.481 e. The SMILES string of the molecule is CC(C)=C(NC(=O)[C@@H](C)Oc1ccc(-c2cccc([C@@H](C)O)c2)cc1)C(=O)N[C@@H](C)C(=O)N1CCC[C@@H](C(=O)OCC(Cl)(Cl)Cl)N1. The predicted molar refractivity (Wildman–Crippen MR) is 176 cm³/mol. The van der Waals surface area contributed by atoms with E-state index in [0.717, 1.165) is 16.7 Å². The molecule has 2 aromatic carbocycles. The van der Waals surface area contributed by atoms with E-state index in [9.17, 15) is 24.3 Å². The normalized spacial score (nSPS) is 16.8. The number of hydrazine groups is 1. The number of esters is 1. The Bertz CT molecular complexity index is 1440. The second kappa shape index (κ2) is 16.5. The fraction of sp³-hybridized carbons (Fsp3) is 0.438. The van der Waals surface area contributed by atoms with Crippen molar-refractivity contribution >= 4 is 58.5 Å². The van der Waals surface area contributed by atoms with Crippen LogP contribution in [0.25, 0.3) is 11.1 Å². The van der Waals surface area contributed by atoms with Crippen LogP contribution in [0, 0.1) is 0 Å². The van der Waals surface area contributed by atoms with Gasteiger partial charge in [0, 0.05) is 6.54 Å². The predicted octanol–water partition coefficient (Wildman–Crippen LogP) is 4.50. The van der Waals surface area contributed by atoms with Crippen molar-refractivity contribution in [3.05, 3.63) is 65.4 Å². The van der Waals surface area contributed by atoms with Crippen molar-refractivity contribution in [2.24, 2.45) is 0 Å². The van der Waals surface area contributed by atoms with E-state index in [1.807, 2.05) is 36.4 Å². The molecule has 0 saturated carbocycles. The lowest BCUT2D eigenvalue weighted by Gasteiger charge is -2.34. The molecule has 3 amide bonds. The topological polar surface area (TPSA) is 146 Å². The van der Waals surface area contributed by atoms with Crippen LogP contribution in [0.3, 0.4) is 0 Å². The number of amides is 3. The Balaban J connectivity index is 1.56. The first-order valence-electron chi connectivity index (χ1n) is 14.7. The summed E-state index contributed by atoms with van der Waals surface area (Å²) in [7, 11) is 0. The molecule has 0 aliphatic carbocycles. The molecular formula is C32H39Cl3N4O7. The van der Waals surface area contributed by atoms with E-state index in [1.165, 1.54) is 11.9 Å². The Morgan fingerprint density at radius 3 is 2.33 bits per heavy atom. The molecule has 0 radical (unpaired) electrons. The monoisotopic (exact) mass is 696 g/mol. The highest BCUT2D eigenvalue weighted by Gasteiger charge is 2.33. The van der Waals surface area contributed by atoms with Crippen LogP contribution in [0.4, 0.5) is 0 Å². The van der Waals surface area contributed by atoms with E-state index in [4.69, 9.17) is 44.3 Å². The summed E-state index contributed by atoms with van der Waals surface area (Å²) in [6, 6.07) is 12.9. The maximum absolute atomic E-state index is 13.1. The summed E-state index contributed by atoms with van der Waals surface area (Å²) in [5.41, 5.74) is 5.93. The van der Waals surface area contributed by atoms with Gasteiger partial charge in [-0.25, -0.2) is 5.43 Å². The van der Waals surface area contributed by atoms with Gasteiger partial charge in [0.1, 0.15) is 30.1 Å². The van der Waals surface area contributed by atoms with Crippen LogP contribution in [-0.2, 0) is 23.9 Å². The molecule has 4 atom stereocenters. The highest BCUT2D eigenvalue weighted by molar-refractivity contribution is 6.67. The van der Waals surface area contributed by atoms with Crippen molar-refractivity contribution in [1.29, 1.82) is 0 Å². The van der Waals surface area contributed by atoms with Gasteiger partial charge < -0.3 is 25.2 Å². The molecule has 46 heavy (non-hydrogen) atoms. The minimum Gasteiger partial charge on any atom is -0.481 e. The standard InChI is InChI=1S/C32H39Cl3N4O7/c1-18(2)27(29(42)36-19(3)30(43)39-15-7-10-26(38-39)31(44)45-17-32(33,34)35)37-28(41)21(5)46-25-13-11-22(12-14-25)24-9-6-8-23(16-24)20(4)40/h6,8-9,11-14,16,19-21,26,38,40H,7,10,15,17H2,1-5H3,(H,36,42)(H,37,41)/t19-,20+,21+,26-/m0/s1. The number of alkyl halides is 3. The van der Waals surface area contributed by atoms with Crippen LogP contribution < -0.4 is 20.8 Å². The fourth-order valence-electron chi connectivity index (χ4n) is 4.53. The van der Waals surface area contributed by atoms with Crippen LogP contribution in [0.15, 0.2) is 59.8 Å². The Morgan fingerprint density at radius 1 is 1.04 bits per heavy atom. The first-order valence-corrected chi connectivity index (χ1v) is 15.8. The zero-order valence-electron chi connectivity index (χ0n) is 26.2. The quantitative estimate of drug-likeness (QED) is 0.153. The van der Waals surface area contributed by atoms with Crippen LogP contribution in [-0.4, -0.2) is 68.9 Å². The van der Waals surface area contributed by atoms with E-state index in [0.29, 0.717) is 30.7 Å². The zero-order valence-corrected chi connectivity index (χ0v) is 28.5. The number of aliphatic hydroxyl groups excluding tert-OH is 1. The molecular weight excluding hydrogens is 659 g/mol. The molecule has 250 valence electrons. The van der Waals surface area contributed by atoms with Crippen LogP contribution in [0.5, 0.6) is 5.75 Å². The van der Waals surface area contributed by atoms with E-state index < -0.39 is 58.4 Å². The van der Waals surface area contributed by atoms with E-state index >= 15 is 0 Å². The molecule has 1 aliphatic rings. The molecule has 0 aromatic heterocycles. The molecule has 14 heteroatoms. The van der Waals surface area contributed by atoms with Gasteiger partial charge >= 0.3 is 5.97 Å². The van der Waals surface area contributed by atoms with Crippen molar-refractivity contribution in [1.82, 2.24) is 21.1 Å². The number of nitrogens with zero attached hydrogens (tertiary/aromatic N) is 1. The molecule has 0 bridgehead atoms. The summed E-state index contributed by atoms with van der Waals surface area (Å²) in [4.78, 5) is 51.6. The highest BCUT2D eigenvalue weighted by Crippen LogP contribution is 2.27. The number of hydrogen-bond donors (Lipinski definition) is 4. The molecule has 1 saturated heterocycles. The smallest absolute Gasteiger partial charge is 0.325 e. The van der Waals surface area contributed by atoms with Crippen LogP contribution in [0.1, 0.15) is 59.1 Å². The van der Waals surface area contributed by atoms with Crippen LogP contribution >= 0.6 is 34.8 Å². The number of allylic oxidation sites excluding steroid dienone is 1. The lowest BCUT2D eigenvalue weighted by molar-refractivity contribution is -0.152. The molecule has 1 heterocycles. The molecule has 1 fully saturated rings. The molecule has 1 aliphatic heterocycles. The van der Waals surface area contributed by atoms with Crippen molar-refractivity contribution in [2.45, 2.75) is 75.5 Å². The van der Waals surface area contributed by atoms with Gasteiger partial charge in [0.05, 0.1) is 6.10 Å². The Morgan fingerprint density at radius 2 is 1.72 bits per heavy atom. The minimum absolute atomic E-state index is 0.0202. The van der Waals surface area contributed by atoms with Gasteiger partial charge in [-0.1, -0.05) is 65.1 Å². The Hall–Kier alpha value is -3.35. The Labute approximate surface area is 283 Å². The molecule has 0 spiro atoms. The van der Waals surface area contributed by atoms with Gasteiger partial charge in [-0.15, -0.1) is 0 Å². The molecule has 11 nitrogen and oxygen atoms in total. The summed E-state index contributed by atoms with van der Waals surface area (Å²) in [5, 5.41) is 16.3. The van der Waals surface area contributed by atoms with Gasteiger partial charge in [0.25, 0.3) is 17.7 Å². The average Bonchev–Trinajstić information content (AvgIpc) is 3.01. The van der Waals surface area contributed by atoms with Gasteiger partial charge in [-0.05, 0) is 87.9 Å². The summed E-state index contributed by atoms with van der Waals surface area (Å²) in [5.74, 6) is -1.95. The second-order valence-corrected chi connectivity index (χ2v) is 13.7. The maximum atomic E-state index is 13.1. The van der Waals surface area contributed by atoms with E-state index in [2.05, 4.69) is 16.1 Å². The third-order valence-electron chi connectivity index (χ3n) is 7.05. The van der Waals surface area contributed by atoms with E-state index in [-0.39, 0.29) is 5.70 Å². The minimum atomic E-state index is -1.76. The molecule has 2 aromatic rings. The van der Waals surface area contributed by atoms with Crippen molar-refractivity contribution in [3.63, 3.8) is 0 Å². The van der Waals surface area contributed by atoms with Gasteiger partial charge in [0.15, 0.2) is 6.10 Å². The van der Waals surface area contributed by atoms with Gasteiger partial charge in [-0.2, -0.15) is 0 Å². The van der Waals surface area contributed by atoms with Crippen molar-refractivity contribution in [3.8, 4) is 16.9 Å². The zero-order chi connectivity index (χ0) is 34.2. The molecule has 4 N–H and O–H groups in total. The lowest BCUT2D eigenvalue weighted by Crippen LogP contribution is -2.59. The summed E-state index contributed by atoms with van der Waals surface area (Å²) >= 11 is 16.9. The number of carbonyl (C=O) groups is 4. The number of aliphatic hydroxyl groups is 1. The average molecular weight is 698 g/mol. The van der Waals surface area contributed by atoms with Gasteiger partial charge in [-0.3, -0.25) is 24.2 Å². The van der Waals surface area contributed by atoms with Crippen LogP contribution in [0.2, 0.25) is 0 Å². The number of nitrogens with one attached hydrogen (secondary N) is 3. The first kappa shape index (κ1) is 37.1. The van der Waals surface area contributed by atoms with Gasteiger partial charge in [0.2, 0.25) is 3.79 Å².